The van der Waals surface area contributed by atoms with Crippen molar-refractivity contribution in [3.8, 4) is 0 Å². The van der Waals surface area contributed by atoms with Crippen molar-refractivity contribution in [2.75, 3.05) is 26.2 Å². The predicted molar refractivity (Wildman–Crippen MR) is 113 cm³/mol. The molecule has 0 saturated carbocycles. The van der Waals surface area contributed by atoms with Gasteiger partial charge < -0.3 is 16.0 Å². The molecule has 1 heterocycles. The van der Waals surface area contributed by atoms with Crippen LogP contribution in [0, 0.1) is 6.92 Å². The van der Waals surface area contributed by atoms with E-state index >= 15 is 0 Å². The highest BCUT2D eigenvalue weighted by Crippen LogP contribution is 2.11. The second-order valence-electron chi connectivity index (χ2n) is 5.27. The second kappa shape index (κ2) is 14.4. The van der Waals surface area contributed by atoms with Crippen LogP contribution in [-0.2, 0) is 0 Å². The van der Waals surface area contributed by atoms with Gasteiger partial charge in [0.05, 0.1) is 11.2 Å². The number of hydrogen-bond donors (Lipinski definition) is 3. The molecule has 6 nitrogen and oxygen atoms in total. The molecule has 1 aromatic rings. The molecular formula is C16H30IN5OS. The lowest BCUT2D eigenvalue weighted by atomic mass is 10.2. The highest BCUT2D eigenvalue weighted by atomic mass is 127. The molecule has 0 radical (unpaired) electrons. The summed E-state index contributed by atoms with van der Waals surface area (Å²) in [5.41, 5.74) is 2.47. The molecule has 0 fully saturated rings. The standard InChI is InChI=1S/C16H29N5OS.HI/c1-4-6-7-8-9-19-16(17-5-2)20-11-10-18-15(22)14-13(3)21-12-23-14;/h12H,4-11H2,1-3H3,(H,18,22)(H2,17,19,20);1H. The number of rotatable bonds is 10. The molecule has 0 saturated heterocycles. The lowest BCUT2D eigenvalue weighted by Gasteiger charge is -2.11. The normalized spacial score (nSPS) is 10.9. The van der Waals surface area contributed by atoms with Crippen molar-refractivity contribution in [3.05, 3.63) is 16.1 Å². The van der Waals surface area contributed by atoms with E-state index < -0.39 is 0 Å². The zero-order valence-electron chi connectivity index (χ0n) is 14.9. The first-order chi connectivity index (χ1) is 11.2. The van der Waals surface area contributed by atoms with Crippen molar-refractivity contribution in [3.63, 3.8) is 0 Å². The molecule has 8 heteroatoms. The van der Waals surface area contributed by atoms with Gasteiger partial charge in [0.1, 0.15) is 4.88 Å². The molecule has 138 valence electrons. The number of amides is 1. The fourth-order valence-corrected chi connectivity index (χ4v) is 2.75. The molecule has 0 aliphatic carbocycles. The van der Waals surface area contributed by atoms with Crippen molar-refractivity contribution in [1.82, 2.24) is 20.9 Å². The van der Waals surface area contributed by atoms with Gasteiger partial charge in [0.2, 0.25) is 0 Å². The number of carbonyl (C=O) groups excluding carboxylic acids is 1. The maximum absolute atomic E-state index is 12.0. The second-order valence-corrected chi connectivity index (χ2v) is 6.13. The Morgan fingerprint density at radius 2 is 1.92 bits per heavy atom. The quantitative estimate of drug-likeness (QED) is 0.214. The summed E-state index contributed by atoms with van der Waals surface area (Å²) in [6.07, 6.45) is 4.85. The van der Waals surface area contributed by atoms with Crippen LogP contribution in [0.5, 0.6) is 0 Å². The van der Waals surface area contributed by atoms with E-state index in [2.05, 4.69) is 32.9 Å². The first-order valence-corrected chi connectivity index (χ1v) is 9.27. The molecule has 0 atom stereocenters. The highest BCUT2D eigenvalue weighted by Gasteiger charge is 2.10. The third kappa shape index (κ3) is 9.41. The lowest BCUT2D eigenvalue weighted by molar-refractivity contribution is 0.0957. The van der Waals surface area contributed by atoms with Crippen LogP contribution in [0.25, 0.3) is 0 Å². The van der Waals surface area contributed by atoms with E-state index in [1.54, 1.807) is 5.51 Å². The first-order valence-electron chi connectivity index (χ1n) is 8.39. The summed E-state index contributed by atoms with van der Waals surface area (Å²) in [6.45, 7) is 8.95. The minimum atomic E-state index is -0.0618. The monoisotopic (exact) mass is 467 g/mol. The molecule has 24 heavy (non-hydrogen) atoms. The zero-order valence-corrected chi connectivity index (χ0v) is 18.0. The molecule has 0 spiro atoms. The molecule has 0 aromatic carbocycles. The number of nitrogens with one attached hydrogen (secondary N) is 3. The average Bonchev–Trinajstić information content (AvgIpc) is 2.97. The van der Waals surface area contributed by atoms with Crippen molar-refractivity contribution in [1.29, 1.82) is 0 Å². The van der Waals surface area contributed by atoms with Gasteiger partial charge in [-0.3, -0.25) is 9.79 Å². The van der Waals surface area contributed by atoms with Crippen LogP contribution >= 0.6 is 35.3 Å². The summed E-state index contributed by atoms with van der Waals surface area (Å²) in [7, 11) is 0. The fraction of sp³-hybridized carbons (Fsp3) is 0.688. The van der Waals surface area contributed by atoms with Crippen LogP contribution in [0.15, 0.2) is 10.5 Å². The molecule has 1 aromatic heterocycles. The van der Waals surface area contributed by atoms with Gasteiger partial charge >= 0.3 is 0 Å². The number of unbranched alkanes of at least 4 members (excludes halogenated alkanes) is 3. The SMILES string of the molecule is CCCCCCN=C(NCC)NCCNC(=O)c1scnc1C.I. The molecule has 0 bridgehead atoms. The minimum Gasteiger partial charge on any atom is -0.357 e. The van der Waals surface area contributed by atoms with E-state index in [1.807, 2.05) is 13.8 Å². The lowest BCUT2D eigenvalue weighted by Crippen LogP contribution is -2.41. The third-order valence-corrected chi connectivity index (χ3v) is 4.21. The van der Waals surface area contributed by atoms with Crippen LogP contribution in [0.1, 0.15) is 54.9 Å². The van der Waals surface area contributed by atoms with E-state index in [9.17, 15) is 4.79 Å². The Balaban J connectivity index is 0.00000529. The number of nitrogens with zero attached hydrogens (tertiary/aromatic N) is 2. The van der Waals surface area contributed by atoms with E-state index in [0.717, 1.165) is 31.2 Å². The smallest absolute Gasteiger partial charge is 0.263 e. The summed E-state index contributed by atoms with van der Waals surface area (Å²) >= 11 is 1.37. The summed E-state index contributed by atoms with van der Waals surface area (Å²) in [6, 6.07) is 0. The number of aryl methyl sites for hydroxylation is 1. The largest absolute Gasteiger partial charge is 0.357 e. The Kier molecular flexibility index (Phi) is 13.9. The summed E-state index contributed by atoms with van der Waals surface area (Å²) in [5, 5.41) is 9.35. The summed E-state index contributed by atoms with van der Waals surface area (Å²) in [5.74, 6) is 0.750. The van der Waals surface area contributed by atoms with Crippen LogP contribution in [0.2, 0.25) is 0 Å². The van der Waals surface area contributed by atoms with Crippen molar-refractivity contribution in [2.45, 2.75) is 46.5 Å². The van der Waals surface area contributed by atoms with Gasteiger partial charge in [-0.05, 0) is 20.3 Å². The Morgan fingerprint density at radius 1 is 1.17 bits per heavy atom. The summed E-state index contributed by atoms with van der Waals surface area (Å²) < 4.78 is 0. The number of carbonyl (C=O) groups is 1. The van der Waals surface area contributed by atoms with Crippen LogP contribution in [-0.4, -0.2) is 43.0 Å². The van der Waals surface area contributed by atoms with Crippen molar-refractivity contribution < 1.29 is 4.79 Å². The predicted octanol–water partition coefficient (Wildman–Crippen LogP) is 2.93. The van der Waals surface area contributed by atoms with Crippen LogP contribution < -0.4 is 16.0 Å². The zero-order chi connectivity index (χ0) is 16.9. The molecule has 1 amide bonds. The number of aliphatic imine (C=N–C) groups is 1. The van der Waals surface area contributed by atoms with Gasteiger partial charge in [0.25, 0.3) is 5.91 Å². The third-order valence-electron chi connectivity index (χ3n) is 3.28. The van der Waals surface area contributed by atoms with E-state index in [1.165, 1.54) is 30.6 Å². The van der Waals surface area contributed by atoms with Crippen LogP contribution in [0.4, 0.5) is 0 Å². The molecule has 3 N–H and O–H groups in total. The first kappa shape index (κ1) is 23.1. The topological polar surface area (TPSA) is 78.4 Å². The molecule has 0 unspecified atom stereocenters. The van der Waals surface area contributed by atoms with Crippen LogP contribution in [0.3, 0.4) is 0 Å². The van der Waals surface area contributed by atoms with Gasteiger partial charge in [0.15, 0.2) is 5.96 Å². The van der Waals surface area contributed by atoms with Gasteiger partial charge in [-0.1, -0.05) is 26.2 Å². The fourth-order valence-electron chi connectivity index (χ4n) is 2.03. The van der Waals surface area contributed by atoms with E-state index in [0.29, 0.717) is 18.0 Å². The highest BCUT2D eigenvalue weighted by molar-refractivity contribution is 14.0. The maximum Gasteiger partial charge on any atom is 0.263 e. The molecule has 1 rings (SSSR count). The van der Waals surface area contributed by atoms with Gasteiger partial charge in [-0.25, -0.2) is 4.98 Å². The van der Waals surface area contributed by atoms with Gasteiger partial charge in [-0.2, -0.15) is 0 Å². The van der Waals surface area contributed by atoms with Gasteiger partial charge in [-0.15, -0.1) is 35.3 Å². The van der Waals surface area contributed by atoms with Crippen molar-refractivity contribution >= 4 is 47.2 Å². The number of guanidine groups is 1. The Bertz CT molecular complexity index is 493. The number of hydrogen-bond acceptors (Lipinski definition) is 4. The molecule has 0 aliphatic heterocycles. The molecular weight excluding hydrogens is 437 g/mol. The number of aromatic nitrogens is 1. The van der Waals surface area contributed by atoms with E-state index in [4.69, 9.17) is 0 Å². The Labute approximate surface area is 166 Å². The number of thiazole rings is 1. The minimum absolute atomic E-state index is 0. The summed E-state index contributed by atoms with van der Waals surface area (Å²) in [4.78, 5) is 21.3. The molecule has 0 aliphatic rings. The Morgan fingerprint density at radius 3 is 2.54 bits per heavy atom. The maximum atomic E-state index is 12.0. The van der Waals surface area contributed by atoms with Crippen molar-refractivity contribution in [2.24, 2.45) is 4.99 Å². The Hall–Kier alpha value is -0.900. The van der Waals surface area contributed by atoms with Gasteiger partial charge in [0, 0.05) is 26.2 Å². The number of halogens is 1. The van der Waals surface area contributed by atoms with E-state index in [-0.39, 0.29) is 29.9 Å². The average molecular weight is 467 g/mol.